The average Bonchev–Trinajstić information content (AvgIpc) is 2.34. The van der Waals surface area contributed by atoms with Crippen molar-refractivity contribution >= 4 is 37.8 Å². The molecule has 17 heavy (non-hydrogen) atoms. The molecule has 0 spiro atoms. The van der Waals surface area contributed by atoms with Crippen LogP contribution in [-0.2, 0) is 15.5 Å². The van der Waals surface area contributed by atoms with Gasteiger partial charge in [-0.15, -0.1) is 0 Å². The summed E-state index contributed by atoms with van der Waals surface area (Å²) in [5.41, 5.74) is 1.77. The highest BCUT2D eigenvalue weighted by atomic mass is 79.9. The topological polar surface area (TPSA) is 55.8 Å². The number of benzene rings is 1. The first-order valence-electron chi connectivity index (χ1n) is 4.78. The summed E-state index contributed by atoms with van der Waals surface area (Å²) in [6.07, 6.45) is 0. The highest BCUT2D eigenvalue weighted by molar-refractivity contribution is 9.08. The highest BCUT2D eigenvalue weighted by Crippen LogP contribution is 2.31. The van der Waals surface area contributed by atoms with E-state index in [0.717, 1.165) is 16.9 Å². The number of halogens is 2. The molecule has 0 bridgehead atoms. The lowest BCUT2D eigenvalue weighted by atomic mass is 10.1. The van der Waals surface area contributed by atoms with E-state index >= 15 is 0 Å². The molecule has 0 aliphatic rings. The van der Waals surface area contributed by atoms with Crippen molar-refractivity contribution in [3.8, 4) is 11.5 Å². The van der Waals surface area contributed by atoms with Crippen molar-refractivity contribution in [2.45, 2.75) is 10.7 Å². The van der Waals surface area contributed by atoms with Gasteiger partial charge in [-0.25, -0.2) is 4.79 Å². The average molecular weight is 368 g/mol. The maximum Gasteiger partial charge on any atom is 0.341 e. The lowest BCUT2D eigenvalue weighted by Gasteiger charge is -2.13. The minimum absolute atomic E-state index is 0.353. The van der Waals surface area contributed by atoms with Crippen molar-refractivity contribution in [2.24, 2.45) is 0 Å². The summed E-state index contributed by atoms with van der Waals surface area (Å²) in [7, 11) is 1.59. The van der Waals surface area contributed by atoms with Crippen LogP contribution in [0, 0.1) is 0 Å². The van der Waals surface area contributed by atoms with E-state index in [1.165, 1.54) is 0 Å². The Morgan fingerprint density at radius 2 is 1.76 bits per heavy atom. The number of alkyl halides is 2. The van der Waals surface area contributed by atoms with Crippen molar-refractivity contribution in [3.63, 3.8) is 0 Å². The molecule has 0 aliphatic carbocycles. The second-order valence-electron chi connectivity index (χ2n) is 3.22. The van der Waals surface area contributed by atoms with Gasteiger partial charge in [-0.3, -0.25) is 0 Å². The van der Waals surface area contributed by atoms with Crippen LogP contribution in [-0.4, -0.2) is 24.8 Å². The first-order valence-corrected chi connectivity index (χ1v) is 7.03. The molecule has 1 rings (SSSR count). The van der Waals surface area contributed by atoms with Crippen LogP contribution < -0.4 is 9.47 Å². The third-order valence-electron chi connectivity index (χ3n) is 2.10. The predicted molar refractivity (Wildman–Crippen MR) is 71.4 cm³/mol. The number of methoxy groups -OCH3 is 1. The number of aliphatic carboxylic acids is 1. The van der Waals surface area contributed by atoms with Gasteiger partial charge >= 0.3 is 5.97 Å². The third-order valence-corrected chi connectivity index (χ3v) is 3.31. The minimum atomic E-state index is -0.998. The Bertz CT molecular complexity index is 407. The molecular weight excluding hydrogens is 356 g/mol. The fourth-order valence-electron chi connectivity index (χ4n) is 1.32. The van der Waals surface area contributed by atoms with Gasteiger partial charge in [-0.2, -0.15) is 0 Å². The van der Waals surface area contributed by atoms with E-state index < -0.39 is 5.97 Å². The van der Waals surface area contributed by atoms with Crippen LogP contribution >= 0.6 is 31.9 Å². The van der Waals surface area contributed by atoms with E-state index in [-0.39, 0.29) is 6.61 Å². The van der Waals surface area contributed by atoms with Gasteiger partial charge in [0.1, 0.15) is 11.5 Å². The number of carboxylic acid groups (broad SMARTS) is 1. The lowest BCUT2D eigenvalue weighted by Crippen LogP contribution is -2.10. The fraction of sp³-hybridized carbons (Fsp3) is 0.364. The first-order chi connectivity index (χ1) is 8.12. The van der Waals surface area contributed by atoms with Crippen LogP contribution in [0.25, 0.3) is 0 Å². The number of carbonyl (C=O) groups is 1. The smallest absolute Gasteiger partial charge is 0.341 e. The number of hydrogen-bond acceptors (Lipinski definition) is 3. The molecule has 0 amide bonds. The Morgan fingerprint density at radius 1 is 1.24 bits per heavy atom. The quantitative estimate of drug-likeness (QED) is 0.785. The van der Waals surface area contributed by atoms with Gasteiger partial charge in [-0.1, -0.05) is 31.9 Å². The van der Waals surface area contributed by atoms with Gasteiger partial charge in [0.15, 0.2) is 6.61 Å². The second-order valence-corrected chi connectivity index (χ2v) is 4.34. The second kappa shape index (κ2) is 6.86. The zero-order chi connectivity index (χ0) is 12.8. The largest absolute Gasteiger partial charge is 0.496 e. The molecule has 0 saturated heterocycles. The molecule has 0 atom stereocenters. The summed E-state index contributed by atoms with van der Waals surface area (Å²) >= 11 is 6.68. The van der Waals surface area contributed by atoms with Crippen molar-refractivity contribution in [2.75, 3.05) is 13.7 Å². The summed E-state index contributed by atoms with van der Waals surface area (Å²) in [5, 5.41) is 9.78. The summed E-state index contributed by atoms with van der Waals surface area (Å²) < 4.78 is 10.5. The van der Waals surface area contributed by atoms with Crippen LogP contribution in [0.15, 0.2) is 12.1 Å². The van der Waals surface area contributed by atoms with E-state index in [9.17, 15) is 4.79 Å². The zero-order valence-electron chi connectivity index (χ0n) is 9.20. The van der Waals surface area contributed by atoms with Crippen molar-refractivity contribution in [3.05, 3.63) is 23.3 Å². The van der Waals surface area contributed by atoms with Crippen LogP contribution in [0.2, 0.25) is 0 Å². The molecule has 1 aromatic carbocycles. The number of carboxylic acids is 1. The SMILES string of the molecule is COc1cc(CBr)c(OCC(=O)O)cc1CBr. The molecule has 0 aromatic heterocycles. The van der Waals surface area contributed by atoms with Crippen molar-refractivity contribution in [1.29, 1.82) is 0 Å². The van der Waals surface area contributed by atoms with Crippen LogP contribution in [0.3, 0.4) is 0 Å². The highest BCUT2D eigenvalue weighted by Gasteiger charge is 2.11. The lowest BCUT2D eigenvalue weighted by molar-refractivity contribution is -0.139. The van der Waals surface area contributed by atoms with Crippen LogP contribution in [0.1, 0.15) is 11.1 Å². The molecule has 6 heteroatoms. The normalized spacial score (nSPS) is 10.1. The van der Waals surface area contributed by atoms with E-state index in [2.05, 4.69) is 31.9 Å². The van der Waals surface area contributed by atoms with E-state index in [1.54, 1.807) is 13.2 Å². The molecule has 0 fully saturated rings. The van der Waals surface area contributed by atoms with Crippen LogP contribution in [0.4, 0.5) is 0 Å². The Balaban J connectivity index is 3.05. The summed E-state index contributed by atoms with van der Waals surface area (Å²) in [6, 6.07) is 3.62. The number of hydrogen-bond donors (Lipinski definition) is 1. The minimum Gasteiger partial charge on any atom is -0.496 e. The maximum atomic E-state index is 10.5. The molecule has 0 radical (unpaired) electrons. The van der Waals surface area contributed by atoms with Gasteiger partial charge in [0, 0.05) is 21.8 Å². The van der Waals surface area contributed by atoms with E-state index in [1.807, 2.05) is 6.07 Å². The van der Waals surface area contributed by atoms with E-state index in [0.29, 0.717) is 16.4 Å². The molecule has 1 N–H and O–H groups in total. The van der Waals surface area contributed by atoms with Gasteiger partial charge in [-0.05, 0) is 12.1 Å². The molecular formula is C11H12Br2O4. The van der Waals surface area contributed by atoms with Gasteiger partial charge in [0.05, 0.1) is 7.11 Å². The van der Waals surface area contributed by atoms with Crippen molar-refractivity contribution < 1.29 is 19.4 Å². The Kier molecular flexibility index (Phi) is 5.77. The fourth-order valence-corrected chi connectivity index (χ4v) is 2.19. The zero-order valence-corrected chi connectivity index (χ0v) is 12.4. The van der Waals surface area contributed by atoms with E-state index in [4.69, 9.17) is 14.6 Å². The van der Waals surface area contributed by atoms with Gasteiger partial charge < -0.3 is 14.6 Å². The summed E-state index contributed by atoms with van der Waals surface area (Å²) in [4.78, 5) is 10.5. The molecule has 4 nitrogen and oxygen atoms in total. The Hall–Kier alpha value is -0.750. The Labute approximate surface area is 116 Å². The number of ether oxygens (including phenoxy) is 2. The number of rotatable bonds is 6. The first kappa shape index (κ1) is 14.3. The molecule has 0 aliphatic heterocycles. The molecule has 1 aromatic rings. The summed E-state index contributed by atoms with van der Waals surface area (Å²) in [6.45, 7) is -0.353. The molecule has 0 heterocycles. The van der Waals surface area contributed by atoms with Gasteiger partial charge in [0.2, 0.25) is 0 Å². The van der Waals surface area contributed by atoms with Crippen molar-refractivity contribution in [1.82, 2.24) is 0 Å². The predicted octanol–water partition coefficient (Wildman–Crippen LogP) is 2.95. The van der Waals surface area contributed by atoms with Gasteiger partial charge in [0.25, 0.3) is 0 Å². The maximum absolute atomic E-state index is 10.5. The third kappa shape index (κ3) is 3.89. The Morgan fingerprint density at radius 3 is 2.24 bits per heavy atom. The standard InChI is InChI=1S/C11H12Br2O4/c1-16-9-2-8(5-13)10(3-7(9)4-12)17-6-11(14)15/h2-3H,4-6H2,1H3,(H,14,15). The monoisotopic (exact) mass is 366 g/mol. The summed E-state index contributed by atoms with van der Waals surface area (Å²) in [5.74, 6) is 0.306. The molecule has 94 valence electrons. The molecule has 0 unspecified atom stereocenters. The molecule has 0 saturated carbocycles. The van der Waals surface area contributed by atoms with Crippen LogP contribution in [0.5, 0.6) is 11.5 Å².